The van der Waals surface area contributed by atoms with Crippen molar-refractivity contribution < 1.29 is 14.3 Å². The largest absolute Gasteiger partial charge is 0.454 e. The van der Waals surface area contributed by atoms with E-state index < -0.39 is 5.97 Å². The number of hydrogen-bond acceptors (Lipinski definition) is 5. The van der Waals surface area contributed by atoms with E-state index in [1.54, 1.807) is 12.3 Å². The number of carbonyl (C=O) groups is 2. The lowest BCUT2D eigenvalue weighted by molar-refractivity contribution is -0.149. The zero-order valence-electron chi connectivity index (χ0n) is 13.5. The Kier molecular flexibility index (Phi) is 6.83. The quantitative estimate of drug-likeness (QED) is 0.832. The summed E-state index contributed by atoms with van der Waals surface area (Å²) in [7, 11) is 0. The van der Waals surface area contributed by atoms with Crippen LogP contribution in [0.1, 0.15) is 50.6 Å². The van der Waals surface area contributed by atoms with Gasteiger partial charge in [0.1, 0.15) is 6.54 Å². The standard InChI is InChI=1S/C16H24N2O4S/c1-12-11-23-16(21)18(12)9-15(20)22-10-14(19)17-13-7-5-3-2-4-6-8-13/h11,13H,2-10H2,1H3,(H,17,19). The average molecular weight is 340 g/mol. The summed E-state index contributed by atoms with van der Waals surface area (Å²) in [6.45, 7) is 1.32. The monoisotopic (exact) mass is 340 g/mol. The predicted molar refractivity (Wildman–Crippen MR) is 88.5 cm³/mol. The minimum Gasteiger partial charge on any atom is -0.454 e. The van der Waals surface area contributed by atoms with Crippen LogP contribution in [0.15, 0.2) is 10.2 Å². The zero-order valence-corrected chi connectivity index (χ0v) is 14.3. The molecule has 23 heavy (non-hydrogen) atoms. The number of nitrogens with zero attached hydrogens (tertiary/aromatic N) is 1. The Morgan fingerprint density at radius 2 is 1.91 bits per heavy atom. The van der Waals surface area contributed by atoms with Crippen molar-refractivity contribution in [1.29, 1.82) is 0 Å². The van der Waals surface area contributed by atoms with Crippen molar-refractivity contribution in [2.24, 2.45) is 0 Å². The Labute approximate surface area is 139 Å². The molecule has 0 aromatic carbocycles. The van der Waals surface area contributed by atoms with Crippen molar-refractivity contribution >= 4 is 23.2 Å². The predicted octanol–water partition coefficient (Wildman–Crippen LogP) is 1.99. The number of amides is 1. The second-order valence-corrected chi connectivity index (χ2v) is 6.82. The maximum absolute atomic E-state index is 11.9. The van der Waals surface area contributed by atoms with Gasteiger partial charge in [-0.25, -0.2) is 0 Å². The highest BCUT2D eigenvalue weighted by atomic mass is 32.1. The lowest BCUT2D eigenvalue weighted by Gasteiger charge is -2.20. The normalized spacial score (nSPS) is 16.4. The lowest BCUT2D eigenvalue weighted by atomic mass is 9.97. The van der Waals surface area contributed by atoms with Crippen molar-refractivity contribution in [3.63, 3.8) is 0 Å². The minimum atomic E-state index is -0.568. The summed E-state index contributed by atoms with van der Waals surface area (Å²) < 4.78 is 6.33. The van der Waals surface area contributed by atoms with Gasteiger partial charge in [0.05, 0.1) is 0 Å². The summed E-state index contributed by atoms with van der Waals surface area (Å²) in [4.78, 5) is 35.0. The van der Waals surface area contributed by atoms with E-state index in [9.17, 15) is 14.4 Å². The Balaban J connectivity index is 1.73. The van der Waals surface area contributed by atoms with Gasteiger partial charge in [-0.1, -0.05) is 43.4 Å². The number of carbonyl (C=O) groups excluding carboxylic acids is 2. The van der Waals surface area contributed by atoms with E-state index in [0.29, 0.717) is 0 Å². The summed E-state index contributed by atoms with van der Waals surface area (Å²) in [5.74, 6) is -0.834. The number of thiazole rings is 1. The van der Waals surface area contributed by atoms with Gasteiger partial charge in [0.25, 0.3) is 5.91 Å². The second-order valence-electron chi connectivity index (χ2n) is 6.00. The maximum atomic E-state index is 11.9. The van der Waals surface area contributed by atoms with Crippen LogP contribution < -0.4 is 10.2 Å². The van der Waals surface area contributed by atoms with Gasteiger partial charge in [-0.15, -0.1) is 0 Å². The first-order chi connectivity index (χ1) is 11.1. The summed E-state index contributed by atoms with van der Waals surface area (Å²) in [6, 6.07) is 0.184. The van der Waals surface area contributed by atoms with Crippen LogP contribution in [0.25, 0.3) is 0 Å². The van der Waals surface area contributed by atoms with Crippen LogP contribution in [0.5, 0.6) is 0 Å². The van der Waals surface area contributed by atoms with Crippen LogP contribution in [0.2, 0.25) is 0 Å². The molecule has 1 N–H and O–H groups in total. The Bertz CT molecular complexity index is 585. The maximum Gasteiger partial charge on any atom is 0.326 e. The SMILES string of the molecule is Cc1csc(=O)n1CC(=O)OCC(=O)NC1CCCCCCC1. The summed E-state index contributed by atoms with van der Waals surface area (Å²) in [5.41, 5.74) is 0.718. The van der Waals surface area contributed by atoms with Gasteiger partial charge in [-0.3, -0.25) is 19.0 Å². The molecule has 0 aliphatic heterocycles. The van der Waals surface area contributed by atoms with E-state index in [1.807, 2.05) is 0 Å². The Morgan fingerprint density at radius 1 is 1.26 bits per heavy atom. The highest BCUT2D eigenvalue weighted by Gasteiger charge is 2.16. The number of aryl methyl sites for hydroxylation is 1. The Morgan fingerprint density at radius 3 is 2.52 bits per heavy atom. The molecule has 1 aliphatic carbocycles. The first-order valence-corrected chi connectivity index (χ1v) is 9.04. The van der Waals surface area contributed by atoms with Gasteiger partial charge >= 0.3 is 10.8 Å². The molecule has 1 aromatic heterocycles. The molecule has 0 atom stereocenters. The smallest absolute Gasteiger partial charge is 0.326 e. The third-order valence-electron chi connectivity index (χ3n) is 4.10. The molecular formula is C16H24N2O4S. The third-order valence-corrected chi connectivity index (χ3v) is 4.98. The average Bonchev–Trinajstić information content (AvgIpc) is 2.80. The number of ether oxygens (including phenoxy) is 1. The molecule has 0 radical (unpaired) electrons. The van der Waals surface area contributed by atoms with Crippen LogP contribution in [0, 0.1) is 6.92 Å². The molecule has 0 unspecified atom stereocenters. The molecule has 1 aliphatic rings. The third kappa shape index (κ3) is 5.82. The highest BCUT2D eigenvalue weighted by Crippen LogP contribution is 2.16. The van der Waals surface area contributed by atoms with Crippen LogP contribution in [-0.4, -0.2) is 29.1 Å². The summed E-state index contributed by atoms with van der Waals surface area (Å²) >= 11 is 1.04. The number of esters is 1. The van der Waals surface area contributed by atoms with E-state index in [0.717, 1.165) is 42.7 Å². The van der Waals surface area contributed by atoms with E-state index in [-0.39, 0.29) is 30.0 Å². The van der Waals surface area contributed by atoms with E-state index in [2.05, 4.69) is 5.32 Å². The molecule has 1 heterocycles. The Hall–Kier alpha value is -1.63. The fourth-order valence-corrected chi connectivity index (χ4v) is 3.52. The van der Waals surface area contributed by atoms with Gasteiger partial charge in [0, 0.05) is 17.1 Å². The molecule has 1 amide bonds. The summed E-state index contributed by atoms with van der Waals surface area (Å²) in [5, 5.41) is 4.63. The number of aromatic nitrogens is 1. The van der Waals surface area contributed by atoms with E-state index >= 15 is 0 Å². The molecule has 1 aromatic rings. The van der Waals surface area contributed by atoms with Crippen LogP contribution in [0.4, 0.5) is 0 Å². The van der Waals surface area contributed by atoms with E-state index in [4.69, 9.17) is 4.74 Å². The second kappa shape index (κ2) is 8.86. The summed E-state index contributed by atoms with van der Waals surface area (Å²) in [6.07, 6.45) is 7.95. The van der Waals surface area contributed by atoms with Gasteiger partial charge in [0.15, 0.2) is 6.61 Å². The van der Waals surface area contributed by atoms with Gasteiger partial charge in [-0.05, 0) is 19.8 Å². The fraction of sp³-hybridized carbons (Fsp3) is 0.688. The van der Waals surface area contributed by atoms with Crippen LogP contribution in [0.3, 0.4) is 0 Å². The fourth-order valence-electron chi connectivity index (χ4n) is 2.79. The van der Waals surface area contributed by atoms with Gasteiger partial charge in [-0.2, -0.15) is 0 Å². The first-order valence-electron chi connectivity index (χ1n) is 8.16. The topological polar surface area (TPSA) is 77.4 Å². The number of nitrogens with one attached hydrogen (secondary N) is 1. The van der Waals surface area contributed by atoms with E-state index in [1.165, 1.54) is 23.8 Å². The van der Waals surface area contributed by atoms with Crippen molar-refractivity contribution in [3.8, 4) is 0 Å². The molecule has 6 nitrogen and oxygen atoms in total. The molecule has 0 bridgehead atoms. The van der Waals surface area contributed by atoms with Crippen LogP contribution >= 0.6 is 11.3 Å². The number of hydrogen-bond donors (Lipinski definition) is 1. The van der Waals surface area contributed by atoms with Crippen molar-refractivity contribution in [2.45, 2.75) is 64.5 Å². The molecule has 128 valence electrons. The van der Waals surface area contributed by atoms with Gasteiger partial charge < -0.3 is 10.1 Å². The molecule has 2 rings (SSSR count). The molecule has 0 saturated heterocycles. The van der Waals surface area contributed by atoms with Crippen molar-refractivity contribution in [2.75, 3.05) is 6.61 Å². The first kappa shape index (κ1) is 17.7. The molecule has 1 fully saturated rings. The van der Waals surface area contributed by atoms with Gasteiger partial charge in [0.2, 0.25) is 0 Å². The molecule has 0 spiro atoms. The highest BCUT2D eigenvalue weighted by molar-refractivity contribution is 7.07. The molecule has 7 heteroatoms. The van der Waals surface area contributed by atoms with Crippen LogP contribution in [-0.2, 0) is 20.9 Å². The number of rotatable bonds is 5. The molecular weight excluding hydrogens is 316 g/mol. The lowest BCUT2D eigenvalue weighted by Crippen LogP contribution is -2.38. The van der Waals surface area contributed by atoms with Crippen molar-refractivity contribution in [3.05, 3.63) is 20.7 Å². The van der Waals surface area contributed by atoms with Crippen molar-refractivity contribution in [1.82, 2.24) is 9.88 Å². The minimum absolute atomic E-state index is 0.148. The molecule has 1 saturated carbocycles. The zero-order chi connectivity index (χ0) is 16.7.